The molecule has 0 N–H and O–H groups in total. The molecule has 3 rings (SSSR count). The molecule has 0 saturated carbocycles. The fraction of sp³-hybridized carbons (Fsp3) is 0.444. The molecule has 4 nitrogen and oxygen atoms in total. The van der Waals surface area contributed by atoms with Gasteiger partial charge in [0.15, 0.2) is 0 Å². The van der Waals surface area contributed by atoms with E-state index in [1.807, 2.05) is 43.3 Å². The van der Waals surface area contributed by atoms with Crippen molar-refractivity contribution in [2.75, 3.05) is 23.9 Å². The van der Waals surface area contributed by atoms with Gasteiger partial charge in [-0.2, -0.15) is 0 Å². The molecule has 0 spiro atoms. The first-order valence-corrected chi connectivity index (χ1v) is 10.6. The third-order valence-electron chi connectivity index (χ3n) is 4.77. The van der Waals surface area contributed by atoms with Crippen LogP contribution in [0.4, 0.5) is 5.69 Å². The van der Waals surface area contributed by atoms with Crippen molar-refractivity contribution in [2.24, 2.45) is 0 Å². The lowest BCUT2D eigenvalue weighted by Gasteiger charge is -2.31. The van der Waals surface area contributed by atoms with Crippen LogP contribution in [0.5, 0.6) is 0 Å². The summed E-state index contributed by atoms with van der Waals surface area (Å²) >= 11 is 1.72. The lowest BCUT2D eigenvalue weighted by atomic mass is 10.1. The number of hydrogen-bond acceptors (Lipinski definition) is 4. The average molecular weight is 365 g/mol. The molecule has 6 heteroatoms. The smallest absolute Gasteiger partial charge is 0.241 e. The summed E-state index contributed by atoms with van der Waals surface area (Å²) in [5.41, 5.74) is 0.766. The minimum atomic E-state index is -3.37. The maximum atomic E-state index is 13.2. The van der Waals surface area contributed by atoms with Crippen LogP contribution in [0.2, 0.25) is 0 Å². The maximum absolute atomic E-state index is 13.2. The first kappa shape index (κ1) is 17.5. The molecule has 0 radical (unpaired) electrons. The summed E-state index contributed by atoms with van der Waals surface area (Å²) in [6, 6.07) is 13.6. The number of para-hydroxylation sites is 1. The largest absolute Gasteiger partial charge is 0.297 e. The molecular formula is C18H24N2O2S2. The molecule has 1 aliphatic heterocycles. The highest BCUT2D eigenvalue weighted by Crippen LogP contribution is 2.37. The molecule has 1 saturated heterocycles. The van der Waals surface area contributed by atoms with E-state index in [2.05, 4.69) is 23.3 Å². The van der Waals surface area contributed by atoms with Gasteiger partial charge in [-0.3, -0.25) is 9.21 Å². The molecule has 1 aliphatic rings. The van der Waals surface area contributed by atoms with E-state index in [-0.39, 0.29) is 0 Å². The molecule has 1 aromatic heterocycles. The number of benzene rings is 1. The second-order valence-electron chi connectivity index (χ2n) is 6.50. The van der Waals surface area contributed by atoms with E-state index in [4.69, 9.17) is 0 Å². The quantitative estimate of drug-likeness (QED) is 0.787. The van der Waals surface area contributed by atoms with Gasteiger partial charge in [0.25, 0.3) is 0 Å². The summed E-state index contributed by atoms with van der Waals surface area (Å²) in [5, 5.41) is 2.06. The molecule has 0 unspecified atom stereocenters. The molecule has 130 valence electrons. The number of hydrogen-bond donors (Lipinski definition) is 0. The van der Waals surface area contributed by atoms with E-state index in [0.717, 1.165) is 18.8 Å². The Balaban J connectivity index is 1.79. The minimum absolute atomic E-state index is 0.555. The van der Waals surface area contributed by atoms with Gasteiger partial charge < -0.3 is 0 Å². The van der Waals surface area contributed by atoms with Crippen molar-refractivity contribution in [1.29, 1.82) is 0 Å². The Bertz CT molecular complexity index is 760. The predicted octanol–water partition coefficient (Wildman–Crippen LogP) is 3.57. The third-order valence-corrected chi connectivity index (χ3v) is 8.18. The second-order valence-corrected chi connectivity index (χ2v) is 9.90. The predicted molar refractivity (Wildman–Crippen MR) is 101 cm³/mol. The number of sulfonamides is 1. The van der Waals surface area contributed by atoms with Crippen LogP contribution < -0.4 is 4.31 Å². The zero-order chi connectivity index (χ0) is 17.2. The lowest BCUT2D eigenvalue weighted by molar-refractivity contribution is 0.251. The van der Waals surface area contributed by atoms with E-state index >= 15 is 0 Å². The fourth-order valence-corrected chi connectivity index (χ4v) is 5.96. The van der Waals surface area contributed by atoms with E-state index in [9.17, 15) is 8.42 Å². The Kier molecular flexibility index (Phi) is 4.99. The van der Waals surface area contributed by atoms with E-state index < -0.39 is 14.8 Å². The monoisotopic (exact) mass is 364 g/mol. The summed E-state index contributed by atoms with van der Waals surface area (Å²) in [7, 11) is -3.37. The Morgan fingerprint density at radius 2 is 1.96 bits per heavy atom. The number of anilines is 1. The van der Waals surface area contributed by atoms with Crippen molar-refractivity contribution in [3.05, 3.63) is 52.7 Å². The van der Waals surface area contributed by atoms with Gasteiger partial charge in [-0.15, -0.1) is 11.3 Å². The molecule has 24 heavy (non-hydrogen) atoms. The molecule has 2 heterocycles. The van der Waals surface area contributed by atoms with Gasteiger partial charge in [-0.1, -0.05) is 31.2 Å². The topological polar surface area (TPSA) is 40.6 Å². The molecule has 2 aromatic rings. The number of rotatable bonds is 6. The minimum Gasteiger partial charge on any atom is -0.297 e. The molecule has 0 aliphatic carbocycles. The Morgan fingerprint density at radius 3 is 2.58 bits per heavy atom. The van der Waals surface area contributed by atoms with E-state index in [1.54, 1.807) is 15.6 Å². The highest BCUT2D eigenvalue weighted by molar-refractivity contribution is 7.94. The van der Waals surface area contributed by atoms with Crippen LogP contribution in [-0.4, -0.2) is 37.7 Å². The van der Waals surface area contributed by atoms with Gasteiger partial charge in [-0.05, 0) is 43.5 Å². The van der Waals surface area contributed by atoms with E-state index in [1.165, 1.54) is 4.88 Å². The molecule has 0 bridgehead atoms. The van der Waals surface area contributed by atoms with Gasteiger partial charge in [0.2, 0.25) is 10.0 Å². The fourth-order valence-electron chi connectivity index (χ4n) is 3.25. The highest BCUT2D eigenvalue weighted by Gasteiger charge is 2.49. The molecular weight excluding hydrogens is 340 g/mol. The number of thiophene rings is 1. The Labute approximate surface area is 148 Å². The zero-order valence-electron chi connectivity index (χ0n) is 14.2. The van der Waals surface area contributed by atoms with Crippen molar-refractivity contribution in [1.82, 2.24) is 4.90 Å². The van der Waals surface area contributed by atoms with Crippen LogP contribution in [0.1, 0.15) is 25.1 Å². The van der Waals surface area contributed by atoms with Crippen LogP contribution in [0, 0.1) is 0 Å². The summed E-state index contributed by atoms with van der Waals surface area (Å²) in [6.07, 6.45) is 0.658. The van der Waals surface area contributed by atoms with Gasteiger partial charge in [0, 0.05) is 24.5 Å². The van der Waals surface area contributed by atoms with Crippen LogP contribution >= 0.6 is 11.3 Å². The first-order chi connectivity index (χ1) is 11.5. The molecule has 1 fully saturated rings. The van der Waals surface area contributed by atoms with Crippen molar-refractivity contribution >= 4 is 27.0 Å². The van der Waals surface area contributed by atoms with Crippen LogP contribution in [0.25, 0.3) is 0 Å². The standard InChI is InChI=1S/C18H24N2O2S2/c1-3-19(14-17-10-7-13-23-17)15-18(2)11-12-20(24(18,21)22)16-8-5-4-6-9-16/h4-10,13H,3,11-12,14-15H2,1-2H3/t18-/m0/s1. The second kappa shape index (κ2) is 6.86. The SMILES string of the molecule is CCN(Cc1cccs1)C[C@]1(C)CCN(c2ccccc2)S1(=O)=O. The van der Waals surface area contributed by atoms with Crippen molar-refractivity contribution in [3.8, 4) is 0 Å². The van der Waals surface area contributed by atoms with Crippen molar-refractivity contribution < 1.29 is 8.42 Å². The van der Waals surface area contributed by atoms with Gasteiger partial charge in [0.1, 0.15) is 4.75 Å². The molecule has 1 atom stereocenters. The summed E-state index contributed by atoms with van der Waals surface area (Å²) < 4.78 is 27.2. The Morgan fingerprint density at radius 1 is 1.21 bits per heavy atom. The first-order valence-electron chi connectivity index (χ1n) is 8.28. The van der Waals surface area contributed by atoms with Crippen LogP contribution in [0.15, 0.2) is 47.8 Å². The van der Waals surface area contributed by atoms with Gasteiger partial charge in [-0.25, -0.2) is 8.42 Å². The number of nitrogens with zero attached hydrogens (tertiary/aromatic N) is 2. The van der Waals surface area contributed by atoms with Gasteiger partial charge in [0.05, 0.1) is 5.69 Å². The van der Waals surface area contributed by atoms with Gasteiger partial charge >= 0.3 is 0 Å². The molecule has 1 aromatic carbocycles. The van der Waals surface area contributed by atoms with Crippen LogP contribution in [-0.2, 0) is 16.6 Å². The van der Waals surface area contributed by atoms with Crippen LogP contribution in [0.3, 0.4) is 0 Å². The molecule has 0 amide bonds. The summed E-state index contributed by atoms with van der Waals surface area (Å²) in [6.45, 7) is 6.75. The maximum Gasteiger partial charge on any atom is 0.241 e. The zero-order valence-corrected chi connectivity index (χ0v) is 15.8. The summed E-state index contributed by atoms with van der Waals surface area (Å²) in [5.74, 6) is 0. The van der Waals surface area contributed by atoms with Crippen molar-refractivity contribution in [3.63, 3.8) is 0 Å². The highest BCUT2D eigenvalue weighted by atomic mass is 32.2. The Hall–Kier alpha value is -1.37. The van der Waals surface area contributed by atoms with E-state index in [0.29, 0.717) is 19.5 Å². The third kappa shape index (κ3) is 3.23. The average Bonchev–Trinajstić information content (AvgIpc) is 3.15. The lowest BCUT2D eigenvalue weighted by Crippen LogP contribution is -2.46. The normalized spacial score (nSPS) is 23.0. The van der Waals surface area contributed by atoms with Crippen molar-refractivity contribution in [2.45, 2.75) is 31.6 Å². The summed E-state index contributed by atoms with van der Waals surface area (Å²) in [4.78, 5) is 3.51.